The van der Waals surface area contributed by atoms with Crippen molar-refractivity contribution in [2.75, 3.05) is 12.3 Å². The number of carbonyl (C=O) groups excluding carboxylic acids is 2. The summed E-state index contributed by atoms with van der Waals surface area (Å²) in [4.78, 5) is 27.3. The van der Waals surface area contributed by atoms with Crippen LogP contribution in [0.5, 0.6) is 0 Å². The summed E-state index contributed by atoms with van der Waals surface area (Å²) in [5.41, 5.74) is 3.08. The molecule has 0 aromatic heterocycles. The van der Waals surface area contributed by atoms with Crippen LogP contribution in [0.2, 0.25) is 0 Å². The van der Waals surface area contributed by atoms with Gasteiger partial charge < -0.3 is 10.2 Å². The molecule has 0 radical (unpaired) electrons. The van der Waals surface area contributed by atoms with E-state index in [4.69, 9.17) is 0 Å². The summed E-state index contributed by atoms with van der Waals surface area (Å²) in [6.07, 6.45) is 0.548. The van der Waals surface area contributed by atoms with Crippen LogP contribution >= 0.6 is 11.8 Å². The molecule has 0 fully saturated rings. The fourth-order valence-electron chi connectivity index (χ4n) is 3.14. The Labute approximate surface area is 176 Å². The van der Waals surface area contributed by atoms with Crippen molar-refractivity contribution in [3.05, 3.63) is 71.0 Å². The molecular weight excluding hydrogens is 387 g/mol. The van der Waals surface area contributed by atoms with Crippen LogP contribution in [0.15, 0.2) is 48.5 Å². The van der Waals surface area contributed by atoms with Crippen molar-refractivity contribution < 1.29 is 14.0 Å². The molecule has 2 amide bonds. The van der Waals surface area contributed by atoms with Crippen LogP contribution in [0.3, 0.4) is 0 Å². The van der Waals surface area contributed by atoms with Gasteiger partial charge in [-0.2, -0.15) is 0 Å². The van der Waals surface area contributed by atoms with Crippen molar-refractivity contribution in [1.29, 1.82) is 0 Å². The average molecular weight is 417 g/mol. The fraction of sp³-hybridized carbons (Fsp3) is 0.391. The highest BCUT2D eigenvalue weighted by atomic mass is 32.2. The predicted octanol–water partition coefficient (Wildman–Crippen LogP) is 4.31. The molecule has 0 bridgehead atoms. The Bertz CT molecular complexity index is 811. The van der Waals surface area contributed by atoms with E-state index in [0.29, 0.717) is 25.3 Å². The number of benzene rings is 2. The van der Waals surface area contributed by atoms with Gasteiger partial charge in [0.2, 0.25) is 11.8 Å². The maximum absolute atomic E-state index is 13.1. The van der Waals surface area contributed by atoms with Crippen LogP contribution < -0.4 is 5.32 Å². The Morgan fingerprint density at radius 2 is 1.83 bits per heavy atom. The summed E-state index contributed by atoms with van der Waals surface area (Å²) in [5, 5.41) is 2.84. The Morgan fingerprint density at radius 3 is 2.45 bits per heavy atom. The first-order valence-corrected chi connectivity index (χ1v) is 11.0. The van der Waals surface area contributed by atoms with Gasteiger partial charge >= 0.3 is 0 Å². The van der Waals surface area contributed by atoms with Gasteiger partial charge in [0.1, 0.15) is 11.9 Å². The van der Waals surface area contributed by atoms with Gasteiger partial charge in [0.25, 0.3) is 0 Å². The maximum atomic E-state index is 13.1. The number of carbonyl (C=O) groups is 2. The lowest BCUT2D eigenvalue weighted by molar-refractivity contribution is -0.139. The fourth-order valence-corrected chi connectivity index (χ4v) is 4.01. The number of amides is 2. The van der Waals surface area contributed by atoms with Crippen LogP contribution in [0.25, 0.3) is 0 Å². The summed E-state index contributed by atoms with van der Waals surface area (Å²) < 4.78 is 13.0. The lowest BCUT2D eigenvalue weighted by Crippen LogP contribution is -2.49. The number of aryl methyl sites for hydroxylation is 1. The average Bonchev–Trinajstić information content (AvgIpc) is 2.69. The Hall–Kier alpha value is -2.34. The van der Waals surface area contributed by atoms with Gasteiger partial charge in [0.05, 0.1) is 5.75 Å². The normalized spacial score (nSPS) is 11.7. The number of halogens is 1. The van der Waals surface area contributed by atoms with Crippen molar-refractivity contribution in [3.8, 4) is 0 Å². The molecule has 0 heterocycles. The Kier molecular flexibility index (Phi) is 9.19. The highest BCUT2D eigenvalue weighted by Gasteiger charge is 2.28. The lowest BCUT2D eigenvalue weighted by atomic mass is 10.1. The lowest BCUT2D eigenvalue weighted by Gasteiger charge is -2.30. The van der Waals surface area contributed by atoms with Gasteiger partial charge in [-0.1, -0.05) is 48.9 Å². The molecule has 29 heavy (non-hydrogen) atoms. The third kappa shape index (κ3) is 7.20. The van der Waals surface area contributed by atoms with E-state index in [1.165, 1.54) is 23.9 Å². The standard InChI is InChI=1S/C23H29FN2O2S/c1-4-21(23(28)25-5-2)26(14-19-8-6-7-17(3)13-19)22(27)16-29-15-18-9-11-20(24)12-10-18/h6-13,21H,4-5,14-16H2,1-3H3,(H,25,28)/t21-/m0/s1. The van der Waals surface area contributed by atoms with E-state index in [1.807, 2.05) is 45.0 Å². The quantitative estimate of drug-likeness (QED) is 0.628. The van der Waals surface area contributed by atoms with E-state index >= 15 is 0 Å². The van der Waals surface area contributed by atoms with Crippen LogP contribution in [0.1, 0.15) is 37.0 Å². The van der Waals surface area contributed by atoms with Gasteiger partial charge in [0, 0.05) is 18.8 Å². The first-order chi connectivity index (χ1) is 13.9. The molecule has 2 aromatic carbocycles. The number of rotatable bonds is 10. The van der Waals surface area contributed by atoms with Gasteiger partial charge in [-0.05, 0) is 43.5 Å². The molecular formula is C23H29FN2O2S. The van der Waals surface area contributed by atoms with Crippen LogP contribution in [0.4, 0.5) is 4.39 Å². The van der Waals surface area contributed by atoms with E-state index in [1.54, 1.807) is 17.0 Å². The van der Waals surface area contributed by atoms with Crippen molar-refractivity contribution in [2.24, 2.45) is 0 Å². The smallest absolute Gasteiger partial charge is 0.242 e. The minimum Gasteiger partial charge on any atom is -0.355 e. The van der Waals surface area contributed by atoms with Crippen LogP contribution in [0, 0.1) is 12.7 Å². The van der Waals surface area contributed by atoms with Crippen molar-refractivity contribution in [1.82, 2.24) is 10.2 Å². The van der Waals surface area contributed by atoms with E-state index < -0.39 is 6.04 Å². The molecule has 2 aromatic rings. The van der Waals surface area contributed by atoms with Gasteiger partial charge in [-0.15, -0.1) is 11.8 Å². The summed E-state index contributed by atoms with van der Waals surface area (Å²) in [5.74, 6) is 0.407. The number of nitrogens with one attached hydrogen (secondary N) is 1. The molecule has 156 valence electrons. The highest BCUT2D eigenvalue weighted by molar-refractivity contribution is 7.99. The van der Waals surface area contributed by atoms with E-state index in [9.17, 15) is 14.0 Å². The molecule has 0 aliphatic heterocycles. The molecule has 0 unspecified atom stereocenters. The molecule has 1 N–H and O–H groups in total. The van der Waals surface area contributed by atoms with E-state index in [2.05, 4.69) is 5.32 Å². The number of hydrogen-bond donors (Lipinski definition) is 1. The molecule has 2 rings (SSSR count). The number of nitrogens with zero attached hydrogens (tertiary/aromatic N) is 1. The SMILES string of the molecule is CCNC(=O)[C@H](CC)N(Cc1cccc(C)c1)C(=O)CSCc1ccc(F)cc1. The largest absolute Gasteiger partial charge is 0.355 e. The molecule has 4 nitrogen and oxygen atoms in total. The van der Waals surface area contributed by atoms with E-state index in [0.717, 1.165) is 16.7 Å². The minimum absolute atomic E-state index is 0.0725. The summed E-state index contributed by atoms with van der Waals surface area (Å²) in [6, 6.07) is 13.8. The third-order valence-electron chi connectivity index (χ3n) is 4.58. The molecule has 1 atom stereocenters. The van der Waals surface area contributed by atoms with Gasteiger partial charge in [0.15, 0.2) is 0 Å². The van der Waals surface area contributed by atoms with Crippen molar-refractivity contribution in [3.63, 3.8) is 0 Å². The van der Waals surface area contributed by atoms with Gasteiger partial charge in [-0.25, -0.2) is 4.39 Å². The number of likely N-dealkylation sites (N-methyl/N-ethyl adjacent to an activating group) is 1. The van der Waals surface area contributed by atoms with Crippen LogP contribution in [-0.2, 0) is 21.9 Å². The zero-order chi connectivity index (χ0) is 21.2. The maximum Gasteiger partial charge on any atom is 0.242 e. The summed E-state index contributed by atoms with van der Waals surface area (Å²) >= 11 is 1.47. The Balaban J connectivity index is 2.10. The Morgan fingerprint density at radius 1 is 1.10 bits per heavy atom. The van der Waals surface area contributed by atoms with Gasteiger partial charge in [-0.3, -0.25) is 9.59 Å². The van der Waals surface area contributed by atoms with Crippen molar-refractivity contribution in [2.45, 2.75) is 45.5 Å². The molecule has 0 saturated carbocycles. The topological polar surface area (TPSA) is 49.4 Å². The first-order valence-electron chi connectivity index (χ1n) is 9.89. The summed E-state index contributed by atoms with van der Waals surface area (Å²) in [6.45, 7) is 6.72. The van der Waals surface area contributed by atoms with Crippen molar-refractivity contribution >= 4 is 23.6 Å². The van der Waals surface area contributed by atoms with Crippen LogP contribution in [-0.4, -0.2) is 35.1 Å². The highest BCUT2D eigenvalue weighted by Crippen LogP contribution is 2.18. The minimum atomic E-state index is -0.505. The molecule has 0 spiro atoms. The number of hydrogen-bond acceptors (Lipinski definition) is 3. The third-order valence-corrected chi connectivity index (χ3v) is 5.57. The molecule has 0 aliphatic carbocycles. The molecule has 6 heteroatoms. The second-order valence-electron chi connectivity index (χ2n) is 6.95. The second kappa shape index (κ2) is 11.6. The predicted molar refractivity (Wildman–Crippen MR) is 117 cm³/mol. The van der Waals surface area contributed by atoms with E-state index in [-0.39, 0.29) is 23.4 Å². The monoisotopic (exact) mass is 416 g/mol. The molecule has 0 aliphatic rings. The summed E-state index contributed by atoms with van der Waals surface area (Å²) in [7, 11) is 0. The number of thioether (sulfide) groups is 1. The first kappa shape index (κ1) is 22.9. The zero-order valence-electron chi connectivity index (χ0n) is 17.3. The second-order valence-corrected chi connectivity index (χ2v) is 7.93. The zero-order valence-corrected chi connectivity index (χ0v) is 18.1. The molecule has 0 saturated heterocycles.